The number of ether oxygens (including phenoxy) is 1. The Morgan fingerprint density at radius 1 is 1.15 bits per heavy atom. The Morgan fingerprint density at radius 3 is 2.63 bits per heavy atom. The van der Waals surface area contributed by atoms with Crippen LogP contribution >= 0.6 is 0 Å². The van der Waals surface area contributed by atoms with Crippen molar-refractivity contribution in [3.63, 3.8) is 0 Å². The highest BCUT2D eigenvalue weighted by molar-refractivity contribution is 5.98. The van der Waals surface area contributed by atoms with Crippen LogP contribution in [-0.2, 0) is 16.1 Å². The maximum absolute atomic E-state index is 12.4. The van der Waals surface area contributed by atoms with Gasteiger partial charge in [-0.1, -0.05) is 31.0 Å². The lowest BCUT2D eigenvalue weighted by atomic mass is 10.0. The second kappa shape index (κ2) is 7.06. The fourth-order valence-corrected chi connectivity index (χ4v) is 4.31. The predicted octanol–water partition coefficient (Wildman–Crippen LogP) is 4.07. The molecule has 5 heteroatoms. The fraction of sp³-hybridized carbons (Fsp3) is 0.364. The van der Waals surface area contributed by atoms with Crippen LogP contribution in [0.1, 0.15) is 37.4 Å². The van der Waals surface area contributed by atoms with Crippen LogP contribution in [0.4, 0.5) is 0 Å². The zero-order chi connectivity index (χ0) is 19.0. The predicted molar refractivity (Wildman–Crippen MR) is 106 cm³/mol. The number of benzene rings is 1. The van der Waals surface area contributed by atoms with Crippen molar-refractivity contribution in [2.45, 2.75) is 45.2 Å². The van der Waals surface area contributed by atoms with Gasteiger partial charge in [0, 0.05) is 46.0 Å². The van der Waals surface area contributed by atoms with E-state index in [1.54, 1.807) is 6.07 Å². The molecule has 0 spiro atoms. The lowest BCUT2D eigenvalue weighted by molar-refractivity contribution is -0.141. The molecule has 4 rings (SSSR count). The van der Waals surface area contributed by atoms with Crippen LogP contribution in [0.5, 0.6) is 0 Å². The van der Waals surface area contributed by atoms with Gasteiger partial charge in [0.05, 0.1) is 7.11 Å². The Morgan fingerprint density at radius 2 is 1.89 bits per heavy atom. The summed E-state index contributed by atoms with van der Waals surface area (Å²) in [4.78, 5) is 24.3. The van der Waals surface area contributed by atoms with E-state index in [0.717, 1.165) is 40.6 Å². The normalized spacial score (nSPS) is 14.7. The summed E-state index contributed by atoms with van der Waals surface area (Å²) in [6.45, 7) is 2.19. The number of hydrogen-bond donors (Lipinski definition) is 0. The quantitative estimate of drug-likeness (QED) is 0.656. The monoisotopic (exact) mass is 364 g/mol. The third kappa shape index (κ3) is 3.07. The van der Waals surface area contributed by atoms with E-state index in [0.29, 0.717) is 6.04 Å². The first-order valence-corrected chi connectivity index (χ1v) is 9.47. The van der Waals surface area contributed by atoms with E-state index in [-0.39, 0.29) is 18.1 Å². The van der Waals surface area contributed by atoms with Crippen LogP contribution in [0.3, 0.4) is 0 Å². The molecule has 1 aliphatic rings. The molecule has 0 amide bonds. The van der Waals surface area contributed by atoms with Crippen molar-refractivity contribution in [1.29, 1.82) is 0 Å². The number of pyridine rings is 1. The molecule has 0 bridgehead atoms. The summed E-state index contributed by atoms with van der Waals surface area (Å²) >= 11 is 0. The number of carbonyl (C=O) groups is 1. The molecule has 2 heterocycles. The molecule has 0 atom stereocenters. The smallest absolute Gasteiger partial charge is 0.325 e. The molecular weight excluding hydrogens is 340 g/mol. The Balaban J connectivity index is 1.89. The van der Waals surface area contributed by atoms with E-state index in [1.165, 1.54) is 20.0 Å². The lowest BCUT2D eigenvalue weighted by Gasteiger charge is -2.15. The SMILES string of the molecule is COC(=O)Cn1c(C)c(-c2ccc(=O)n(C3CCCC3)c2)c2ccccc21. The maximum atomic E-state index is 12.4. The molecule has 0 saturated heterocycles. The molecule has 27 heavy (non-hydrogen) atoms. The van der Waals surface area contributed by atoms with Crippen molar-refractivity contribution in [1.82, 2.24) is 9.13 Å². The molecule has 1 aliphatic carbocycles. The topological polar surface area (TPSA) is 53.2 Å². The zero-order valence-corrected chi connectivity index (χ0v) is 15.8. The summed E-state index contributed by atoms with van der Waals surface area (Å²) < 4.78 is 8.75. The Bertz CT molecular complexity index is 1060. The average molecular weight is 364 g/mol. The first kappa shape index (κ1) is 17.6. The van der Waals surface area contributed by atoms with Crippen molar-refractivity contribution in [3.05, 3.63) is 58.6 Å². The molecular formula is C22H24N2O3. The molecule has 2 aromatic heterocycles. The molecule has 0 unspecified atom stereocenters. The highest BCUT2D eigenvalue weighted by atomic mass is 16.5. The van der Waals surface area contributed by atoms with Gasteiger partial charge in [0.2, 0.25) is 0 Å². The number of nitrogens with zero attached hydrogens (tertiary/aromatic N) is 2. The first-order chi connectivity index (χ1) is 13.1. The lowest BCUT2D eigenvalue weighted by Crippen LogP contribution is -2.22. The summed E-state index contributed by atoms with van der Waals surface area (Å²) in [6, 6.07) is 11.9. The number of carbonyl (C=O) groups excluding carboxylic acids is 1. The highest BCUT2D eigenvalue weighted by Crippen LogP contribution is 2.35. The number of aromatic nitrogens is 2. The maximum Gasteiger partial charge on any atom is 0.325 e. The standard InChI is InChI=1S/C22H24N2O3/c1-15-22(16-11-12-20(25)24(13-16)17-7-3-4-8-17)18-9-5-6-10-19(18)23(15)14-21(26)27-2/h5-6,9-13,17H,3-4,7-8,14H2,1-2H3. The third-order valence-corrected chi connectivity index (χ3v) is 5.69. The van der Waals surface area contributed by atoms with Gasteiger partial charge >= 0.3 is 5.97 Å². The van der Waals surface area contributed by atoms with E-state index in [4.69, 9.17) is 4.74 Å². The van der Waals surface area contributed by atoms with Crippen LogP contribution in [0.15, 0.2) is 47.4 Å². The number of hydrogen-bond acceptors (Lipinski definition) is 3. The van der Waals surface area contributed by atoms with Crippen LogP contribution in [0, 0.1) is 6.92 Å². The molecule has 1 fully saturated rings. The second-order valence-electron chi connectivity index (χ2n) is 7.24. The molecule has 0 N–H and O–H groups in total. The largest absolute Gasteiger partial charge is 0.468 e. The summed E-state index contributed by atoms with van der Waals surface area (Å²) in [7, 11) is 1.40. The van der Waals surface area contributed by atoms with Gasteiger partial charge < -0.3 is 13.9 Å². The van der Waals surface area contributed by atoms with Gasteiger partial charge in [0.1, 0.15) is 6.54 Å². The first-order valence-electron chi connectivity index (χ1n) is 9.47. The molecule has 140 valence electrons. The van der Waals surface area contributed by atoms with Crippen LogP contribution in [-0.4, -0.2) is 22.2 Å². The summed E-state index contributed by atoms with van der Waals surface area (Å²) in [5.41, 5.74) is 4.13. The molecule has 3 aromatic rings. The highest BCUT2D eigenvalue weighted by Gasteiger charge is 2.21. The van der Waals surface area contributed by atoms with Crippen LogP contribution < -0.4 is 5.56 Å². The number of rotatable bonds is 4. The van der Waals surface area contributed by atoms with Crippen molar-refractivity contribution in [2.75, 3.05) is 7.11 Å². The van der Waals surface area contributed by atoms with Crippen molar-refractivity contribution < 1.29 is 9.53 Å². The van der Waals surface area contributed by atoms with Gasteiger partial charge in [-0.25, -0.2) is 0 Å². The van der Waals surface area contributed by atoms with Gasteiger partial charge in [-0.15, -0.1) is 0 Å². The zero-order valence-electron chi connectivity index (χ0n) is 15.8. The second-order valence-corrected chi connectivity index (χ2v) is 7.24. The van der Waals surface area contributed by atoms with Gasteiger partial charge in [-0.05, 0) is 31.9 Å². The minimum atomic E-state index is -0.277. The average Bonchev–Trinajstić information content (AvgIpc) is 3.30. The summed E-state index contributed by atoms with van der Waals surface area (Å²) in [6.07, 6.45) is 6.48. The van der Waals surface area contributed by atoms with E-state index in [1.807, 2.05) is 46.5 Å². The Hall–Kier alpha value is -2.82. The number of fused-ring (bicyclic) bond motifs is 1. The number of para-hydroxylation sites is 1. The molecule has 1 saturated carbocycles. The van der Waals surface area contributed by atoms with E-state index < -0.39 is 0 Å². The van der Waals surface area contributed by atoms with Gasteiger partial charge in [-0.3, -0.25) is 9.59 Å². The van der Waals surface area contributed by atoms with Gasteiger partial charge in [-0.2, -0.15) is 0 Å². The van der Waals surface area contributed by atoms with E-state index in [2.05, 4.69) is 6.07 Å². The number of methoxy groups -OCH3 is 1. The van der Waals surface area contributed by atoms with Crippen LogP contribution in [0.2, 0.25) is 0 Å². The Kier molecular flexibility index (Phi) is 4.60. The van der Waals surface area contributed by atoms with Crippen molar-refractivity contribution >= 4 is 16.9 Å². The van der Waals surface area contributed by atoms with E-state index in [9.17, 15) is 9.59 Å². The van der Waals surface area contributed by atoms with Gasteiger partial charge in [0.25, 0.3) is 5.56 Å². The summed E-state index contributed by atoms with van der Waals surface area (Å²) in [5.74, 6) is -0.277. The van der Waals surface area contributed by atoms with Crippen molar-refractivity contribution in [3.8, 4) is 11.1 Å². The fourth-order valence-electron chi connectivity index (χ4n) is 4.31. The van der Waals surface area contributed by atoms with Crippen LogP contribution in [0.25, 0.3) is 22.0 Å². The molecule has 0 aliphatic heterocycles. The molecule has 0 radical (unpaired) electrons. The summed E-state index contributed by atoms with van der Waals surface area (Å²) in [5, 5.41) is 1.08. The minimum absolute atomic E-state index is 0.0570. The van der Waals surface area contributed by atoms with E-state index >= 15 is 0 Å². The molecule has 1 aromatic carbocycles. The van der Waals surface area contributed by atoms with Gasteiger partial charge in [0.15, 0.2) is 0 Å². The number of esters is 1. The third-order valence-electron chi connectivity index (χ3n) is 5.69. The Labute approximate surface area is 158 Å². The van der Waals surface area contributed by atoms with Crippen molar-refractivity contribution in [2.24, 2.45) is 0 Å². The molecule has 5 nitrogen and oxygen atoms in total. The minimum Gasteiger partial charge on any atom is -0.468 e.